The highest BCUT2D eigenvalue weighted by Crippen LogP contribution is 2.21. The van der Waals surface area contributed by atoms with Crippen LogP contribution in [0.5, 0.6) is 0 Å². The number of carbonyl (C=O) groups is 1. The number of carbonyl (C=O) groups excluding carboxylic acids is 1. The van der Waals surface area contributed by atoms with Gasteiger partial charge in [-0.05, 0) is 31.0 Å². The first-order valence-electron chi connectivity index (χ1n) is 7.96. The zero-order chi connectivity index (χ0) is 18.4. The normalized spacial score (nSPS) is 11.3. The Balaban J connectivity index is 1.88. The van der Waals surface area contributed by atoms with Gasteiger partial charge in [-0.15, -0.1) is 0 Å². The Morgan fingerprint density at radius 3 is 2.72 bits per heavy atom. The van der Waals surface area contributed by atoms with Crippen molar-refractivity contribution in [3.05, 3.63) is 35.5 Å². The maximum Gasteiger partial charge on any atom is 0.229 e. The highest BCUT2D eigenvalue weighted by molar-refractivity contribution is 7.92. The molecule has 1 aromatic carbocycles. The van der Waals surface area contributed by atoms with Gasteiger partial charge >= 0.3 is 0 Å². The summed E-state index contributed by atoms with van der Waals surface area (Å²) in [4.78, 5) is 16.2. The lowest BCUT2D eigenvalue weighted by Crippen LogP contribution is -2.13. The molecule has 1 amide bonds. The van der Waals surface area contributed by atoms with Gasteiger partial charge in [-0.25, -0.2) is 8.42 Å². The number of nitrogens with one attached hydrogen (secondary N) is 2. The quantitative estimate of drug-likeness (QED) is 0.741. The van der Waals surface area contributed by atoms with Crippen LogP contribution in [0.1, 0.15) is 37.0 Å². The van der Waals surface area contributed by atoms with E-state index in [0.717, 1.165) is 11.8 Å². The highest BCUT2D eigenvalue weighted by Gasteiger charge is 2.09. The minimum Gasteiger partial charge on any atom is -0.339 e. The molecule has 2 rings (SSSR count). The number of rotatable bonds is 8. The molecule has 0 bridgehead atoms. The van der Waals surface area contributed by atoms with Gasteiger partial charge in [-0.3, -0.25) is 9.52 Å². The van der Waals surface area contributed by atoms with Gasteiger partial charge in [0.05, 0.1) is 11.9 Å². The van der Waals surface area contributed by atoms with Crippen molar-refractivity contribution in [3.63, 3.8) is 0 Å². The van der Waals surface area contributed by atoms with Crippen LogP contribution in [-0.4, -0.2) is 30.7 Å². The molecule has 0 atom stereocenters. The van der Waals surface area contributed by atoms with E-state index in [1.165, 1.54) is 0 Å². The van der Waals surface area contributed by atoms with Gasteiger partial charge in [0.25, 0.3) is 0 Å². The van der Waals surface area contributed by atoms with Crippen molar-refractivity contribution >= 4 is 27.3 Å². The molecule has 0 fully saturated rings. The number of aryl methyl sites for hydroxylation is 3. The number of sulfonamides is 1. The third kappa shape index (κ3) is 6.18. The van der Waals surface area contributed by atoms with Crippen molar-refractivity contribution < 1.29 is 17.7 Å². The minimum absolute atomic E-state index is 0.163. The minimum atomic E-state index is -3.38. The van der Waals surface area contributed by atoms with E-state index in [4.69, 9.17) is 4.52 Å². The van der Waals surface area contributed by atoms with E-state index in [1.807, 2.05) is 6.92 Å². The molecule has 1 aromatic heterocycles. The molecule has 0 unspecified atom stereocenters. The van der Waals surface area contributed by atoms with Gasteiger partial charge in [0, 0.05) is 24.9 Å². The number of hydrogen-bond donors (Lipinski definition) is 2. The average Bonchev–Trinajstić information content (AvgIpc) is 2.97. The van der Waals surface area contributed by atoms with Gasteiger partial charge in [0.15, 0.2) is 5.82 Å². The van der Waals surface area contributed by atoms with Crippen LogP contribution >= 0.6 is 0 Å². The lowest BCUT2D eigenvalue weighted by molar-refractivity contribution is -0.116. The van der Waals surface area contributed by atoms with Crippen molar-refractivity contribution in [2.24, 2.45) is 0 Å². The zero-order valence-electron chi connectivity index (χ0n) is 14.5. The average molecular weight is 366 g/mol. The number of aromatic nitrogens is 2. The molecule has 0 spiro atoms. The van der Waals surface area contributed by atoms with Crippen LogP contribution in [0.4, 0.5) is 11.4 Å². The van der Waals surface area contributed by atoms with Crippen molar-refractivity contribution in [2.75, 3.05) is 16.3 Å². The third-order valence-electron chi connectivity index (χ3n) is 3.44. The fourth-order valence-corrected chi connectivity index (χ4v) is 2.79. The predicted octanol–water partition coefficient (Wildman–Crippen LogP) is 2.27. The summed E-state index contributed by atoms with van der Waals surface area (Å²) >= 11 is 0. The summed E-state index contributed by atoms with van der Waals surface area (Å²) < 4.78 is 30.2. The lowest BCUT2D eigenvalue weighted by Gasteiger charge is -2.11. The first-order chi connectivity index (χ1) is 11.8. The topological polar surface area (TPSA) is 114 Å². The van der Waals surface area contributed by atoms with E-state index < -0.39 is 10.0 Å². The summed E-state index contributed by atoms with van der Waals surface area (Å²) in [5.41, 5.74) is 1.75. The van der Waals surface area contributed by atoms with Crippen LogP contribution in [0.25, 0.3) is 0 Å². The van der Waals surface area contributed by atoms with Crippen molar-refractivity contribution in [1.29, 1.82) is 0 Å². The fourth-order valence-electron chi connectivity index (χ4n) is 2.17. The van der Waals surface area contributed by atoms with E-state index in [9.17, 15) is 13.2 Å². The number of hydrogen-bond acceptors (Lipinski definition) is 6. The predicted molar refractivity (Wildman–Crippen MR) is 94.9 cm³/mol. The molecule has 8 nitrogen and oxygen atoms in total. The number of amides is 1. The molecule has 0 aliphatic rings. The molecular formula is C16H22N4O4S. The summed E-state index contributed by atoms with van der Waals surface area (Å²) in [6, 6.07) is 5.07. The van der Waals surface area contributed by atoms with E-state index in [0.29, 0.717) is 48.8 Å². The molecule has 0 aliphatic heterocycles. The molecule has 0 saturated carbocycles. The van der Waals surface area contributed by atoms with Crippen LogP contribution in [-0.2, 0) is 27.7 Å². The molecule has 0 saturated heterocycles. The molecule has 0 aliphatic carbocycles. The highest BCUT2D eigenvalue weighted by atomic mass is 32.2. The standard InChI is InChI=1S/C16H22N4O4S/c1-4-14-18-16(24-19-14)7-5-6-15(21)17-12-9-8-11(2)13(10-12)20-25(3,22)23/h8-10,20H,4-7H2,1-3H3,(H,17,21). The van der Waals surface area contributed by atoms with Crippen molar-refractivity contribution in [2.45, 2.75) is 39.5 Å². The van der Waals surface area contributed by atoms with Crippen LogP contribution in [0.3, 0.4) is 0 Å². The van der Waals surface area contributed by atoms with E-state index in [2.05, 4.69) is 20.2 Å². The van der Waals surface area contributed by atoms with Crippen LogP contribution in [0.2, 0.25) is 0 Å². The Morgan fingerprint density at radius 2 is 2.08 bits per heavy atom. The largest absolute Gasteiger partial charge is 0.339 e. The number of nitrogens with zero attached hydrogens (tertiary/aromatic N) is 2. The SMILES string of the molecule is CCc1noc(CCCC(=O)Nc2ccc(C)c(NS(C)(=O)=O)c2)n1. The second-order valence-corrected chi connectivity index (χ2v) is 7.51. The molecule has 2 aromatic rings. The van der Waals surface area contributed by atoms with Gasteiger partial charge < -0.3 is 9.84 Å². The van der Waals surface area contributed by atoms with E-state index in [-0.39, 0.29) is 5.91 Å². The molecular weight excluding hydrogens is 344 g/mol. The monoisotopic (exact) mass is 366 g/mol. The molecule has 25 heavy (non-hydrogen) atoms. The van der Waals surface area contributed by atoms with Crippen LogP contribution < -0.4 is 10.0 Å². The molecule has 136 valence electrons. The Morgan fingerprint density at radius 1 is 1.32 bits per heavy atom. The van der Waals surface area contributed by atoms with Crippen LogP contribution in [0.15, 0.2) is 22.7 Å². The lowest BCUT2D eigenvalue weighted by atomic mass is 10.1. The Labute approximate surface area is 147 Å². The summed E-state index contributed by atoms with van der Waals surface area (Å²) in [5, 5.41) is 6.56. The second kappa shape index (κ2) is 8.11. The van der Waals surface area contributed by atoms with Crippen molar-refractivity contribution in [3.8, 4) is 0 Å². The fraction of sp³-hybridized carbons (Fsp3) is 0.438. The van der Waals surface area contributed by atoms with Gasteiger partial charge in [0.2, 0.25) is 21.8 Å². The second-order valence-electron chi connectivity index (χ2n) is 5.76. The molecule has 0 radical (unpaired) electrons. The van der Waals surface area contributed by atoms with E-state index >= 15 is 0 Å². The Hall–Kier alpha value is -2.42. The number of anilines is 2. The Bertz CT molecular complexity index is 846. The molecule has 1 heterocycles. The van der Waals surface area contributed by atoms with Crippen molar-refractivity contribution in [1.82, 2.24) is 10.1 Å². The Kier molecular flexibility index (Phi) is 6.13. The third-order valence-corrected chi connectivity index (χ3v) is 4.03. The molecule has 9 heteroatoms. The summed E-state index contributed by atoms with van der Waals surface area (Å²) in [6.45, 7) is 3.73. The van der Waals surface area contributed by atoms with E-state index in [1.54, 1.807) is 25.1 Å². The van der Waals surface area contributed by atoms with Gasteiger partial charge in [-0.2, -0.15) is 4.98 Å². The summed E-state index contributed by atoms with van der Waals surface area (Å²) in [7, 11) is -3.38. The first kappa shape index (κ1) is 18.9. The maximum absolute atomic E-state index is 12.0. The smallest absolute Gasteiger partial charge is 0.229 e. The van der Waals surface area contributed by atoms with Crippen LogP contribution in [0, 0.1) is 6.92 Å². The maximum atomic E-state index is 12.0. The van der Waals surface area contributed by atoms with Gasteiger partial charge in [-0.1, -0.05) is 18.1 Å². The molecule has 2 N–H and O–H groups in total. The zero-order valence-corrected chi connectivity index (χ0v) is 15.3. The number of benzene rings is 1. The first-order valence-corrected chi connectivity index (χ1v) is 9.85. The summed E-state index contributed by atoms with van der Waals surface area (Å²) in [6.07, 6.45) is 3.21. The van der Waals surface area contributed by atoms with Gasteiger partial charge in [0.1, 0.15) is 0 Å². The summed E-state index contributed by atoms with van der Waals surface area (Å²) in [5.74, 6) is 1.02.